The Hall–Kier alpha value is -3.46. The monoisotopic (exact) mass is 427 g/mol. The summed E-state index contributed by atoms with van der Waals surface area (Å²) in [6, 6.07) is 11.4. The van der Waals surface area contributed by atoms with Crippen molar-refractivity contribution in [3.05, 3.63) is 53.6 Å². The van der Waals surface area contributed by atoms with E-state index in [2.05, 4.69) is 15.7 Å². The molecule has 154 valence electrons. The highest BCUT2D eigenvalue weighted by Crippen LogP contribution is 2.32. The number of nitrogens with zero attached hydrogens (tertiary/aromatic N) is 4. The fraction of sp³-hybridized carbons (Fsp3) is 0.250. The normalized spacial score (nSPS) is 19.9. The van der Waals surface area contributed by atoms with E-state index >= 15 is 0 Å². The molecular weight excluding hydrogens is 410 g/mol. The second kappa shape index (κ2) is 8.11. The summed E-state index contributed by atoms with van der Waals surface area (Å²) in [5.74, 6) is -0.648. The standard InChI is InChI=1S/C20H18ClN5O4/c1-2-30-15-9-5-13(6-10-15)22-16(27)11-25-18-17(23-24-25)19(28)26(20(18)29)14-7-3-12(21)4-8-14/h3-10,17-18H,2,11H2,1H3,(H,22,27)/t17-,18-/m1/s1. The molecule has 0 radical (unpaired) electrons. The van der Waals surface area contributed by atoms with E-state index in [0.717, 1.165) is 4.90 Å². The van der Waals surface area contributed by atoms with Crippen LogP contribution >= 0.6 is 11.6 Å². The average Bonchev–Trinajstić information content (AvgIpc) is 3.24. The van der Waals surface area contributed by atoms with Crippen LogP contribution in [0.3, 0.4) is 0 Å². The van der Waals surface area contributed by atoms with Gasteiger partial charge in [0.15, 0.2) is 12.1 Å². The Morgan fingerprint density at radius 3 is 2.47 bits per heavy atom. The Bertz CT molecular complexity index is 1010. The number of carbonyl (C=O) groups is 3. The molecule has 0 aliphatic carbocycles. The smallest absolute Gasteiger partial charge is 0.263 e. The lowest BCUT2D eigenvalue weighted by molar-refractivity contribution is -0.123. The molecule has 0 aromatic heterocycles. The van der Waals surface area contributed by atoms with Crippen molar-refractivity contribution in [2.24, 2.45) is 10.3 Å². The number of ether oxygens (including phenoxy) is 1. The summed E-state index contributed by atoms with van der Waals surface area (Å²) in [5.41, 5.74) is 0.977. The summed E-state index contributed by atoms with van der Waals surface area (Å²) in [6.45, 7) is 2.22. The number of anilines is 2. The fourth-order valence-corrected chi connectivity index (χ4v) is 3.47. The molecule has 0 spiro atoms. The van der Waals surface area contributed by atoms with Crippen LogP contribution in [0.4, 0.5) is 11.4 Å². The first-order valence-corrected chi connectivity index (χ1v) is 9.69. The van der Waals surface area contributed by atoms with Crippen LogP contribution in [0.1, 0.15) is 6.92 Å². The van der Waals surface area contributed by atoms with Crippen molar-refractivity contribution in [2.75, 3.05) is 23.4 Å². The second-order valence-corrected chi connectivity index (χ2v) is 7.12. The SMILES string of the molecule is CCOc1ccc(NC(=O)CN2N=N[C@H]3C(=O)N(c4ccc(Cl)cc4)C(=O)[C@@H]32)cc1. The lowest BCUT2D eigenvalue weighted by atomic mass is 10.1. The second-order valence-electron chi connectivity index (χ2n) is 6.69. The Morgan fingerprint density at radius 2 is 1.80 bits per heavy atom. The van der Waals surface area contributed by atoms with Gasteiger partial charge in [0, 0.05) is 10.7 Å². The Kier molecular flexibility index (Phi) is 5.37. The number of fused-ring (bicyclic) bond motifs is 1. The van der Waals surface area contributed by atoms with Gasteiger partial charge in [0.05, 0.1) is 12.3 Å². The largest absolute Gasteiger partial charge is 0.494 e. The minimum Gasteiger partial charge on any atom is -0.494 e. The van der Waals surface area contributed by atoms with Gasteiger partial charge in [-0.1, -0.05) is 16.8 Å². The first-order valence-electron chi connectivity index (χ1n) is 9.31. The van der Waals surface area contributed by atoms with Crippen molar-refractivity contribution in [1.29, 1.82) is 0 Å². The number of imide groups is 1. The van der Waals surface area contributed by atoms with E-state index in [1.54, 1.807) is 48.5 Å². The summed E-state index contributed by atoms with van der Waals surface area (Å²) < 4.78 is 5.37. The third-order valence-corrected chi connectivity index (χ3v) is 4.95. The highest BCUT2D eigenvalue weighted by Gasteiger charge is 2.55. The van der Waals surface area contributed by atoms with Crippen molar-refractivity contribution in [1.82, 2.24) is 5.01 Å². The summed E-state index contributed by atoms with van der Waals surface area (Å²) in [4.78, 5) is 39.1. The lowest BCUT2D eigenvalue weighted by Crippen LogP contribution is -2.43. The maximum atomic E-state index is 12.9. The number of amides is 3. The van der Waals surface area contributed by atoms with Gasteiger partial charge in [-0.25, -0.2) is 4.90 Å². The molecule has 2 aliphatic rings. The molecular formula is C20H18ClN5O4. The zero-order valence-corrected chi connectivity index (χ0v) is 16.7. The molecule has 0 saturated carbocycles. The van der Waals surface area contributed by atoms with E-state index in [0.29, 0.717) is 28.8 Å². The number of hydrogen-bond acceptors (Lipinski definition) is 7. The van der Waals surface area contributed by atoms with Crippen LogP contribution in [0, 0.1) is 0 Å². The Morgan fingerprint density at radius 1 is 1.10 bits per heavy atom. The third kappa shape index (κ3) is 3.71. The molecule has 2 aliphatic heterocycles. The van der Waals surface area contributed by atoms with E-state index in [1.807, 2.05) is 6.92 Å². The van der Waals surface area contributed by atoms with Crippen LogP contribution in [-0.2, 0) is 14.4 Å². The third-order valence-electron chi connectivity index (χ3n) is 4.70. The lowest BCUT2D eigenvalue weighted by Gasteiger charge is -2.20. The maximum absolute atomic E-state index is 12.9. The molecule has 4 rings (SSSR count). The van der Waals surface area contributed by atoms with Crippen LogP contribution in [-0.4, -0.2) is 48.0 Å². The van der Waals surface area contributed by atoms with Crippen molar-refractivity contribution in [3.8, 4) is 5.75 Å². The molecule has 1 fully saturated rings. The zero-order chi connectivity index (χ0) is 21.3. The number of rotatable bonds is 6. The van der Waals surface area contributed by atoms with Crippen molar-refractivity contribution in [2.45, 2.75) is 19.0 Å². The fourth-order valence-electron chi connectivity index (χ4n) is 3.35. The predicted molar refractivity (Wildman–Crippen MR) is 109 cm³/mol. The maximum Gasteiger partial charge on any atom is 0.263 e. The van der Waals surface area contributed by atoms with E-state index in [-0.39, 0.29) is 12.5 Å². The van der Waals surface area contributed by atoms with E-state index in [9.17, 15) is 14.4 Å². The van der Waals surface area contributed by atoms with Gasteiger partial charge in [-0.2, -0.15) is 5.11 Å². The number of halogens is 1. The van der Waals surface area contributed by atoms with Gasteiger partial charge >= 0.3 is 0 Å². The number of benzene rings is 2. The Labute approximate surface area is 177 Å². The summed E-state index contributed by atoms with van der Waals surface area (Å²) in [5, 5.41) is 12.2. The minimum absolute atomic E-state index is 0.217. The van der Waals surface area contributed by atoms with Gasteiger partial charge < -0.3 is 10.1 Å². The molecule has 0 unspecified atom stereocenters. The molecule has 2 atom stereocenters. The summed E-state index contributed by atoms with van der Waals surface area (Å²) >= 11 is 5.88. The van der Waals surface area contributed by atoms with Gasteiger partial charge in [0.1, 0.15) is 12.3 Å². The molecule has 10 heteroatoms. The molecule has 2 heterocycles. The van der Waals surface area contributed by atoms with Crippen molar-refractivity contribution >= 4 is 40.7 Å². The van der Waals surface area contributed by atoms with E-state index in [1.165, 1.54) is 5.01 Å². The molecule has 2 aromatic rings. The molecule has 0 bridgehead atoms. The van der Waals surface area contributed by atoms with Gasteiger partial charge in [-0.05, 0) is 55.5 Å². The number of nitrogens with one attached hydrogen (secondary N) is 1. The van der Waals surface area contributed by atoms with Crippen LogP contribution < -0.4 is 15.0 Å². The molecule has 1 N–H and O–H groups in total. The summed E-state index contributed by atoms with van der Waals surface area (Å²) in [6.07, 6.45) is 0. The predicted octanol–water partition coefficient (Wildman–Crippen LogP) is 2.67. The van der Waals surface area contributed by atoms with Crippen LogP contribution in [0.15, 0.2) is 58.9 Å². The molecule has 3 amide bonds. The topological polar surface area (TPSA) is 104 Å². The van der Waals surface area contributed by atoms with E-state index in [4.69, 9.17) is 16.3 Å². The number of hydrogen-bond donors (Lipinski definition) is 1. The van der Waals surface area contributed by atoms with Crippen LogP contribution in [0.5, 0.6) is 5.75 Å². The highest BCUT2D eigenvalue weighted by molar-refractivity contribution is 6.31. The van der Waals surface area contributed by atoms with Crippen LogP contribution in [0.2, 0.25) is 5.02 Å². The average molecular weight is 428 g/mol. The van der Waals surface area contributed by atoms with E-state index < -0.39 is 23.9 Å². The number of carbonyl (C=O) groups excluding carboxylic acids is 3. The molecule has 30 heavy (non-hydrogen) atoms. The van der Waals surface area contributed by atoms with Crippen molar-refractivity contribution in [3.63, 3.8) is 0 Å². The van der Waals surface area contributed by atoms with Crippen molar-refractivity contribution < 1.29 is 19.1 Å². The first-order chi connectivity index (χ1) is 14.5. The summed E-state index contributed by atoms with van der Waals surface area (Å²) in [7, 11) is 0. The van der Waals surface area contributed by atoms with Crippen LogP contribution in [0.25, 0.3) is 0 Å². The molecule has 9 nitrogen and oxygen atoms in total. The zero-order valence-electron chi connectivity index (χ0n) is 16.0. The van der Waals surface area contributed by atoms with Gasteiger partial charge in [0.25, 0.3) is 11.8 Å². The highest BCUT2D eigenvalue weighted by atomic mass is 35.5. The van der Waals surface area contributed by atoms with Gasteiger partial charge in [0.2, 0.25) is 5.91 Å². The molecule has 2 aromatic carbocycles. The van der Waals surface area contributed by atoms with Gasteiger partial charge in [-0.3, -0.25) is 19.4 Å². The quantitative estimate of drug-likeness (QED) is 0.714. The Balaban J connectivity index is 1.43. The van der Waals surface area contributed by atoms with Gasteiger partial charge in [-0.15, -0.1) is 0 Å². The molecule has 1 saturated heterocycles. The first kappa shape index (κ1) is 19.8. The minimum atomic E-state index is -0.966.